The fraction of sp³-hybridized carbons (Fsp3) is 0.0455. The highest BCUT2D eigenvalue weighted by Crippen LogP contribution is 2.35. The van der Waals surface area contributed by atoms with Crippen LogP contribution in [-0.4, -0.2) is 20.6 Å². The number of rotatable bonds is 6. The molecule has 1 aromatic heterocycles. The quantitative estimate of drug-likeness (QED) is 0.291. The van der Waals surface area contributed by atoms with E-state index in [4.69, 9.17) is 27.9 Å². The van der Waals surface area contributed by atoms with Crippen LogP contribution in [0.25, 0.3) is 10.1 Å². The highest BCUT2D eigenvalue weighted by Gasteiger charge is 2.15. The average molecular weight is 525 g/mol. The van der Waals surface area contributed by atoms with Crippen LogP contribution in [0.1, 0.15) is 9.67 Å². The van der Waals surface area contributed by atoms with Gasteiger partial charge < -0.3 is 10.1 Å². The molecule has 1 heterocycles. The van der Waals surface area contributed by atoms with Gasteiger partial charge in [0.05, 0.1) is 21.8 Å². The molecule has 0 saturated heterocycles. The molecule has 4 aromatic rings. The monoisotopic (exact) mass is 524 g/mol. The standard InChI is InChI=1S/C22H15Cl2FN2O4S2/c1-33(29,30)27-19-6-12-7-21(32-20(12)11-18(19)24)22(28)26-15-8-13(23)9-17(10-15)31-16-4-2-14(25)3-5-16/h2-11,27H,1H3,(H,26,28). The van der Waals surface area contributed by atoms with Crippen molar-refractivity contribution in [3.8, 4) is 11.5 Å². The minimum atomic E-state index is -3.50. The van der Waals surface area contributed by atoms with Crippen LogP contribution in [0.2, 0.25) is 10.0 Å². The van der Waals surface area contributed by atoms with Gasteiger partial charge in [0, 0.05) is 21.5 Å². The minimum absolute atomic E-state index is 0.221. The Morgan fingerprint density at radius 3 is 2.42 bits per heavy atom. The zero-order valence-electron chi connectivity index (χ0n) is 16.9. The third-order valence-corrected chi connectivity index (χ3v) is 6.52. The molecule has 0 unspecified atom stereocenters. The lowest BCUT2D eigenvalue weighted by Crippen LogP contribution is -2.10. The molecular weight excluding hydrogens is 510 g/mol. The summed E-state index contributed by atoms with van der Waals surface area (Å²) in [6.07, 6.45) is 1.03. The maximum Gasteiger partial charge on any atom is 0.265 e. The molecule has 0 aliphatic rings. The molecule has 11 heteroatoms. The molecular formula is C22H15Cl2FN2O4S2. The number of halogens is 3. The first-order valence-electron chi connectivity index (χ1n) is 9.32. The van der Waals surface area contributed by atoms with E-state index in [1.165, 1.54) is 35.6 Å². The average Bonchev–Trinajstić information content (AvgIpc) is 3.11. The predicted octanol–water partition coefficient (Wildman–Crippen LogP) is 6.76. The van der Waals surface area contributed by atoms with E-state index in [0.29, 0.717) is 32.5 Å². The predicted molar refractivity (Wildman–Crippen MR) is 131 cm³/mol. The summed E-state index contributed by atoms with van der Waals surface area (Å²) in [4.78, 5) is 13.2. The molecule has 0 aliphatic carbocycles. The van der Waals surface area contributed by atoms with Crippen LogP contribution in [0, 0.1) is 5.82 Å². The second kappa shape index (κ2) is 9.18. The molecule has 6 nitrogen and oxygen atoms in total. The number of carbonyl (C=O) groups is 1. The first-order valence-corrected chi connectivity index (χ1v) is 12.8. The van der Waals surface area contributed by atoms with Gasteiger partial charge in [-0.1, -0.05) is 23.2 Å². The Labute approximate surface area is 203 Å². The van der Waals surface area contributed by atoms with Gasteiger partial charge in [-0.15, -0.1) is 11.3 Å². The molecule has 0 spiro atoms. The van der Waals surface area contributed by atoms with Crippen LogP contribution < -0.4 is 14.8 Å². The van der Waals surface area contributed by atoms with Gasteiger partial charge in [0.25, 0.3) is 5.91 Å². The molecule has 1 amide bonds. The molecule has 0 saturated carbocycles. The highest BCUT2D eigenvalue weighted by molar-refractivity contribution is 7.92. The SMILES string of the molecule is CS(=O)(=O)Nc1cc2cc(C(=O)Nc3cc(Cl)cc(Oc4ccc(F)cc4)c3)sc2cc1Cl. The lowest BCUT2D eigenvalue weighted by atomic mass is 10.2. The molecule has 170 valence electrons. The number of hydrogen-bond acceptors (Lipinski definition) is 5. The first-order chi connectivity index (χ1) is 15.6. The van der Waals surface area contributed by atoms with Gasteiger partial charge in [0.1, 0.15) is 17.3 Å². The van der Waals surface area contributed by atoms with Crippen molar-refractivity contribution < 1.29 is 22.3 Å². The largest absolute Gasteiger partial charge is 0.457 e. The number of carbonyl (C=O) groups excluding carboxylic acids is 1. The molecule has 0 fully saturated rings. The number of hydrogen-bond donors (Lipinski definition) is 2. The van der Waals surface area contributed by atoms with Crippen LogP contribution in [0.15, 0.2) is 60.7 Å². The van der Waals surface area contributed by atoms with Crippen molar-refractivity contribution in [2.75, 3.05) is 16.3 Å². The van der Waals surface area contributed by atoms with Crippen LogP contribution in [0.4, 0.5) is 15.8 Å². The van der Waals surface area contributed by atoms with Gasteiger partial charge >= 0.3 is 0 Å². The maximum absolute atomic E-state index is 13.1. The zero-order chi connectivity index (χ0) is 23.8. The van der Waals surface area contributed by atoms with E-state index in [0.717, 1.165) is 11.0 Å². The Morgan fingerprint density at radius 2 is 1.73 bits per heavy atom. The summed E-state index contributed by atoms with van der Waals surface area (Å²) < 4.78 is 44.9. The maximum atomic E-state index is 13.1. The molecule has 3 aromatic carbocycles. The number of ether oxygens (including phenoxy) is 1. The fourth-order valence-corrected chi connectivity index (χ4v) is 5.08. The molecule has 0 bridgehead atoms. The fourth-order valence-electron chi connectivity index (χ4n) is 2.98. The highest BCUT2D eigenvalue weighted by atomic mass is 35.5. The Morgan fingerprint density at radius 1 is 1.00 bits per heavy atom. The summed E-state index contributed by atoms with van der Waals surface area (Å²) in [6, 6.07) is 15.0. The van der Waals surface area contributed by atoms with Gasteiger partial charge in [-0.3, -0.25) is 9.52 Å². The molecule has 4 rings (SSSR count). The molecule has 0 atom stereocenters. The number of thiophene rings is 1. The normalized spacial score (nSPS) is 11.4. The Hall–Kier alpha value is -2.85. The zero-order valence-corrected chi connectivity index (χ0v) is 20.0. The molecule has 2 N–H and O–H groups in total. The van der Waals surface area contributed by atoms with E-state index < -0.39 is 10.0 Å². The van der Waals surface area contributed by atoms with Gasteiger partial charge in [-0.2, -0.15) is 0 Å². The Balaban J connectivity index is 1.56. The van der Waals surface area contributed by atoms with Gasteiger partial charge in [-0.25, -0.2) is 12.8 Å². The summed E-state index contributed by atoms with van der Waals surface area (Å²) in [5.41, 5.74) is 0.633. The summed E-state index contributed by atoms with van der Waals surface area (Å²) in [5, 5.41) is 3.98. The number of nitrogens with one attached hydrogen (secondary N) is 2. The smallest absolute Gasteiger partial charge is 0.265 e. The van der Waals surface area contributed by atoms with E-state index in [9.17, 15) is 17.6 Å². The molecule has 0 radical (unpaired) electrons. The van der Waals surface area contributed by atoms with Gasteiger partial charge in [0.2, 0.25) is 10.0 Å². The molecule has 33 heavy (non-hydrogen) atoms. The lowest BCUT2D eigenvalue weighted by Gasteiger charge is -2.09. The van der Waals surface area contributed by atoms with Crippen LogP contribution in [-0.2, 0) is 10.0 Å². The molecule has 0 aliphatic heterocycles. The van der Waals surface area contributed by atoms with Crippen LogP contribution in [0.5, 0.6) is 11.5 Å². The lowest BCUT2D eigenvalue weighted by molar-refractivity contribution is 0.103. The summed E-state index contributed by atoms with van der Waals surface area (Å²) in [5.74, 6) is 0.00467. The van der Waals surface area contributed by atoms with E-state index >= 15 is 0 Å². The van der Waals surface area contributed by atoms with E-state index in [-0.39, 0.29) is 22.4 Å². The number of sulfonamides is 1. The van der Waals surface area contributed by atoms with E-state index in [1.54, 1.807) is 36.4 Å². The van der Waals surface area contributed by atoms with Gasteiger partial charge in [0.15, 0.2) is 0 Å². The van der Waals surface area contributed by atoms with Crippen molar-refractivity contribution in [1.29, 1.82) is 0 Å². The van der Waals surface area contributed by atoms with E-state index in [2.05, 4.69) is 10.0 Å². The summed E-state index contributed by atoms with van der Waals surface area (Å²) in [6.45, 7) is 0. The first kappa shape index (κ1) is 23.3. The van der Waals surface area contributed by atoms with Crippen molar-refractivity contribution in [2.45, 2.75) is 0 Å². The van der Waals surface area contributed by atoms with Gasteiger partial charge in [-0.05, 0) is 60.0 Å². The number of benzene rings is 3. The van der Waals surface area contributed by atoms with Crippen LogP contribution in [0.3, 0.4) is 0 Å². The van der Waals surface area contributed by atoms with Crippen molar-refractivity contribution in [2.24, 2.45) is 0 Å². The summed E-state index contributed by atoms with van der Waals surface area (Å²) >= 11 is 13.5. The van der Waals surface area contributed by atoms with E-state index in [1.807, 2.05) is 0 Å². The second-order valence-electron chi connectivity index (χ2n) is 7.04. The Kier molecular flexibility index (Phi) is 6.49. The van der Waals surface area contributed by atoms with Crippen molar-refractivity contribution in [1.82, 2.24) is 0 Å². The van der Waals surface area contributed by atoms with Crippen molar-refractivity contribution in [3.63, 3.8) is 0 Å². The van der Waals surface area contributed by atoms with Crippen molar-refractivity contribution in [3.05, 3.63) is 81.4 Å². The van der Waals surface area contributed by atoms with Crippen LogP contribution >= 0.6 is 34.5 Å². The minimum Gasteiger partial charge on any atom is -0.457 e. The number of fused-ring (bicyclic) bond motifs is 1. The summed E-state index contributed by atoms with van der Waals surface area (Å²) in [7, 11) is -3.50. The third kappa shape index (κ3) is 5.94. The number of anilines is 2. The van der Waals surface area contributed by atoms with Crippen molar-refractivity contribution >= 4 is 71.9 Å². The number of amides is 1. The second-order valence-corrected chi connectivity index (χ2v) is 10.7. The topological polar surface area (TPSA) is 84.5 Å². The third-order valence-electron chi connectivity index (χ3n) is 4.30. The Bertz CT molecular complexity index is 1470.